The van der Waals surface area contributed by atoms with Crippen molar-refractivity contribution in [1.82, 2.24) is 16.0 Å². The number of primary amides is 1. The molecule has 0 aliphatic heterocycles. The second-order valence-corrected chi connectivity index (χ2v) is 6.58. The van der Waals surface area contributed by atoms with Gasteiger partial charge in [-0.1, -0.05) is 0 Å². The van der Waals surface area contributed by atoms with Crippen LogP contribution >= 0.6 is 0 Å². The Morgan fingerprint density at radius 1 is 0.903 bits per heavy atom. The Morgan fingerprint density at radius 2 is 1.42 bits per heavy atom. The van der Waals surface area contributed by atoms with Crippen molar-refractivity contribution in [3.63, 3.8) is 0 Å². The molecule has 0 saturated heterocycles. The molecule has 11 N–H and O–H groups in total. The Labute approximate surface area is 176 Å². The molecule has 4 amide bonds. The van der Waals surface area contributed by atoms with Gasteiger partial charge < -0.3 is 47.8 Å². The van der Waals surface area contributed by atoms with Gasteiger partial charge in [-0.2, -0.15) is 0 Å². The molecule has 0 aromatic carbocycles. The Bertz CT molecular complexity index is 698. The third kappa shape index (κ3) is 10.3. The van der Waals surface area contributed by atoms with Crippen LogP contribution in [-0.4, -0.2) is 92.9 Å². The first-order chi connectivity index (χ1) is 14.3. The number of hydrogen-bond acceptors (Lipinski definition) is 9. The van der Waals surface area contributed by atoms with Crippen molar-refractivity contribution < 1.29 is 49.2 Å². The van der Waals surface area contributed by atoms with Gasteiger partial charge in [-0.05, 0) is 13.3 Å². The lowest BCUT2D eigenvalue weighted by Crippen LogP contribution is -2.58. The summed E-state index contributed by atoms with van der Waals surface area (Å²) in [6.45, 7) is 0.319. The van der Waals surface area contributed by atoms with E-state index in [0.717, 1.165) is 6.92 Å². The largest absolute Gasteiger partial charge is 0.481 e. The van der Waals surface area contributed by atoms with Crippen LogP contribution in [-0.2, 0) is 28.8 Å². The summed E-state index contributed by atoms with van der Waals surface area (Å²) in [5, 5.41) is 42.5. The maximum Gasteiger partial charge on any atom is 0.328 e. The lowest BCUT2D eigenvalue weighted by atomic mass is 10.1. The molecule has 0 saturated carbocycles. The number of carboxylic acid groups (broad SMARTS) is 2. The lowest BCUT2D eigenvalue weighted by molar-refractivity contribution is -0.146. The van der Waals surface area contributed by atoms with E-state index in [1.807, 2.05) is 10.6 Å². The Hall–Kier alpha value is -3.30. The fourth-order valence-electron chi connectivity index (χ4n) is 2.22. The van der Waals surface area contributed by atoms with Crippen molar-refractivity contribution >= 4 is 35.6 Å². The lowest BCUT2D eigenvalue weighted by Gasteiger charge is -2.24. The zero-order valence-electron chi connectivity index (χ0n) is 16.6. The van der Waals surface area contributed by atoms with Crippen LogP contribution in [0.5, 0.6) is 0 Å². The van der Waals surface area contributed by atoms with E-state index in [-0.39, 0.29) is 12.8 Å². The number of aliphatic carboxylic acids is 2. The molecular weight excluding hydrogens is 422 g/mol. The molecule has 0 bridgehead atoms. The van der Waals surface area contributed by atoms with Crippen molar-refractivity contribution in [3.8, 4) is 0 Å². The number of aliphatic hydroxyl groups is 2. The number of carbonyl (C=O) groups is 6. The number of carboxylic acids is 2. The molecule has 15 nitrogen and oxygen atoms in total. The van der Waals surface area contributed by atoms with E-state index in [1.54, 1.807) is 0 Å². The predicted molar refractivity (Wildman–Crippen MR) is 101 cm³/mol. The van der Waals surface area contributed by atoms with Crippen LogP contribution in [0.25, 0.3) is 0 Å². The summed E-state index contributed by atoms with van der Waals surface area (Å²) in [7, 11) is 0. The van der Waals surface area contributed by atoms with E-state index in [4.69, 9.17) is 26.8 Å². The van der Waals surface area contributed by atoms with Gasteiger partial charge in [0.1, 0.15) is 18.1 Å². The topological polar surface area (TPSA) is 271 Å². The van der Waals surface area contributed by atoms with Crippen LogP contribution in [0.4, 0.5) is 0 Å². The van der Waals surface area contributed by atoms with Crippen LogP contribution in [0.3, 0.4) is 0 Å². The van der Waals surface area contributed by atoms with Gasteiger partial charge in [-0.25, -0.2) is 4.79 Å². The van der Waals surface area contributed by atoms with Gasteiger partial charge in [0, 0.05) is 6.42 Å². The highest BCUT2D eigenvalue weighted by atomic mass is 16.4. The van der Waals surface area contributed by atoms with Crippen LogP contribution in [0.1, 0.15) is 26.2 Å². The quantitative estimate of drug-likeness (QED) is 0.121. The molecule has 5 unspecified atom stereocenters. The minimum absolute atomic E-state index is 0.335. The highest BCUT2D eigenvalue weighted by molar-refractivity contribution is 5.95. The van der Waals surface area contributed by atoms with Crippen LogP contribution in [0.15, 0.2) is 0 Å². The minimum atomic E-state index is -1.79. The summed E-state index contributed by atoms with van der Waals surface area (Å²) in [4.78, 5) is 69.9. The third-order valence-electron chi connectivity index (χ3n) is 3.90. The number of nitrogens with two attached hydrogens (primary N) is 2. The Morgan fingerprint density at radius 3 is 1.84 bits per heavy atom. The summed E-state index contributed by atoms with van der Waals surface area (Å²) in [5.41, 5.74) is 10.4. The van der Waals surface area contributed by atoms with E-state index in [9.17, 15) is 33.9 Å². The Balaban J connectivity index is 5.53. The first kappa shape index (κ1) is 27.7. The highest BCUT2D eigenvalue weighted by Gasteiger charge is 2.33. The van der Waals surface area contributed by atoms with Crippen LogP contribution in [0.2, 0.25) is 0 Å². The molecule has 0 aromatic heterocycles. The van der Waals surface area contributed by atoms with Crippen LogP contribution < -0.4 is 27.4 Å². The average Bonchev–Trinajstić information content (AvgIpc) is 2.66. The molecule has 0 fully saturated rings. The zero-order chi connectivity index (χ0) is 24.3. The van der Waals surface area contributed by atoms with Crippen molar-refractivity contribution in [2.75, 3.05) is 6.61 Å². The normalized spacial score (nSPS) is 15.5. The molecule has 0 spiro atoms. The smallest absolute Gasteiger partial charge is 0.328 e. The van der Waals surface area contributed by atoms with Gasteiger partial charge >= 0.3 is 11.9 Å². The van der Waals surface area contributed by atoms with Crippen molar-refractivity contribution in [1.29, 1.82) is 0 Å². The second kappa shape index (κ2) is 13.1. The second-order valence-electron chi connectivity index (χ2n) is 6.58. The van der Waals surface area contributed by atoms with Gasteiger partial charge in [0.15, 0.2) is 6.04 Å². The molecule has 176 valence electrons. The monoisotopic (exact) mass is 449 g/mol. The van der Waals surface area contributed by atoms with Gasteiger partial charge in [0.05, 0.1) is 19.1 Å². The highest BCUT2D eigenvalue weighted by Crippen LogP contribution is 2.03. The number of hydrogen-bond donors (Lipinski definition) is 9. The molecule has 15 heteroatoms. The molecule has 0 aliphatic rings. The first-order valence-electron chi connectivity index (χ1n) is 8.98. The summed E-state index contributed by atoms with van der Waals surface area (Å²) in [6.07, 6.45) is -3.20. The summed E-state index contributed by atoms with van der Waals surface area (Å²) in [6, 6.07) is -6.45. The number of aliphatic hydroxyl groups excluding tert-OH is 2. The predicted octanol–water partition coefficient (Wildman–Crippen LogP) is -5.03. The molecular formula is C16H27N5O10. The zero-order valence-corrected chi connectivity index (χ0v) is 16.6. The van der Waals surface area contributed by atoms with Crippen molar-refractivity contribution in [3.05, 3.63) is 0 Å². The minimum Gasteiger partial charge on any atom is -0.481 e. The molecule has 5 atom stereocenters. The van der Waals surface area contributed by atoms with Gasteiger partial charge in [-0.3, -0.25) is 24.0 Å². The van der Waals surface area contributed by atoms with E-state index < -0.39 is 78.9 Å². The maximum atomic E-state index is 12.5. The molecule has 0 aliphatic carbocycles. The summed E-state index contributed by atoms with van der Waals surface area (Å²) >= 11 is 0. The van der Waals surface area contributed by atoms with E-state index in [1.165, 1.54) is 0 Å². The number of amides is 4. The van der Waals surface area contributed by atoms with Gasteiger partial charge in [0.2, 0.25) is 23.6 Å². The number of rotatable bonds is 14. The standard InChI is InChI=1S/C16H27N5O10/c1-6(23)12(16(30)31)21-15(29)9(4-11(25)26)20-14(28)8(2-3-10(18)24)19-13(27)7(17)5-22/h6-9,12,22-23H,2-5,17H2,1H3,(H2,18,24)(H,19,27)(H,20,28)(H,21,29)(H,25,26)(H,30,31). The number of carbonyl (C=O) groups excluding carboxylic acids is 4. The van der Waals surface area contributed by atoms with Crippen LogP contribution in [0, 0.1) is 0 Å². The molecule has 0 aromatic rings. The van der Waals surface area contributed by atoms with Crippen molar-refractivity contribution in [2.45, 2.75) is 56.5 Å². The molecule has 0 radical (unpaired) electrons. The Kier molecular flexibility index (Phi) is 11.7. The number of nitrogens with one attached hydrogen (secondary N) is 3. The first-order valence-corrected chi connectivity index (χ1v) is 8.98. The fraction of sp³-hybridized carbons (Fsp3) is 0.625. The fourth-order valence-corrected chi connectivity index (χ4v) is 2.22. The van der Waals surface area contributed by atoms with E-state index in [0.29, 0.717) is 0 Å². The average molecular weight is 449 g/mol. The molecule has 31 heavy (non-hydrogen) atoms. The summed E-state index contributed by atoms with van der Waals surface area (Å²) < 4.78 is 0. The van der Waals surface area contributed by atoms with Gasteiger partial charge in [0.25, 0.3) is 0 Å². The van der Waals surface area contributed by atoms with E-state index in [2.05, 4.69) is 5.32 Å². The third-order valence-corrected chi connectivity index (χ3v) is 3.90. The van der Waals surface area contributed by atoms with E-state index >= 15 is 0 Å². The van der Waals surface area contributed by atoms with Gasteiger partial charge in [-0.15, -0.1) is 0 Å². The summed E-state index contributed by atoms with van der Waals surface area (Å²) in [5.74, 6) is -7.23. The van der Waals surface area contributed by atoms with Crippen molar-refractivity contribution in [2.24, 2.45) is 11.5 Å². The molecule has 0 rings (SSSR count). The SMILES string of the molecule is CC(O)C(NC(=O)C(CC(=O)O)NC(=O)C(CCC(N)=O)NC(=O)C(N)CO)C(=O)O. The molecule has 0 heterocycles. The maximum absolute atomic E-state index is 12.5.